The van der Waals surface area contributed by atoms with Crippen molar-refractivity contribution in [2.75, 3.05) is 18.1 Å². The number of aromatic nitrogens is 2. The molecule has 0 atom stereocenters. The molecule has 1 amide bonds. The topological polar surface area (TPSA) is 55.3 Å². The van der Waals surface area contributed by atoms with Crippen molar-refractivity contribution in [2.24, 2.45) is 0 Å². The number of hydrogen-bond acceptors (Lipinski definition) is 4. The molecule has 0 saturated heterocycles. The van der Waals surface area contributed by atoms with Crippen LogP contribution < -0.4 is 4.90 Å². The van der Waals surface area contributed by atoms with Gasteiger partial charge in [-0.15, -0.1) is 11.5 Å². The smallest absolute Gasteiger partial charge is 0.415 e. The number of carbonyl (C=O) groups excluding carboxylic acids is 1. The van der Waals surface area contributed by atoms with Gasteiger partial charge in [0.25, 0.3) is 0 Å². The van der Waals surface area contributed by atoms with Crippen molar-refractivity contribution in [3.8, 4) is 23.6 Å². The second-order valence-corrected chi connectivity index (χ2v) is 6.70. The molecule has 27 heavy (non-hydrogen) atoms. The molecule has 0 N–H and O–H groups in total. The standard InChI is InChI=1S/C19H16Cl2FN3O2/c1-3-8-25(19(26)27-4-2)16-9-12(13(20)10-14(16)22)18-17(21)11-6-5-7-15(11)23-24-18/h1,9-10H,4-8H2,2H3. The van der Waals surface area contributed by atoms with Crippen molar-refractivity contribution in [3.63, 3.8) is 0 Å². The Morgan fingerprint density at radius 1 is 1.37 bits per heavy atom. The zero-order valence-electron chi connectivity index (χ0n) is 14.6. The molecule has 5 nitrogen and oxygen atoms in total. The van der Waals surface area contributed by atoms with Crippen LogP contribution in [0.5, 0.6) is 0 Å². The van der Waals surface area contributed by atoms with Crippen LogP contribution in [0.4, 0.5) is 14.9 Å². The lowest BCUT2D eigenvalue weighted by molar-refractivity contribution is 0.160. The van der Waals surface area contributed by atoms with E-state index >= 15 is 0 Å². The Hall–Kier alpha value is -2.36. The number of anilines is 1. The van der Waals surface area contributed by atoms with Gasteiger partial charge in [-0.05, 0) is 43.9 Å². The maximum Gasteiger partial charge on any atom is 0.415 e. The number of benzene rings is 1. The minimum atomic E-state index is -0.756. The molecule has 8 heteroatoms. The fourth-order valence-electron chi connectivity index (χ4n) is 3.01. The largest absolute Gasteiger partial charge is 0.449 e. The summed E-state index contributed by atoms with van der Waals surface area (Å²) in [6, 6.07) is 2.49. The van der Waals surface area contributed by atoms with Gasteiger partial charge in [0, 0.05) is 5.56 Å². The highest BCUT2D eigenvalue weighted by molar-refractivity contribution is 6.36. The van der Waals surface area contributed by atoms with E-state index in [1.807, 2.05) is 0 Å². The Kier molecular flexibility index (Phi) is 5.83. The van der Waals surface area contributed by atoms with Crippen LogP contribution in [0, 0.1) is 18.2 Å². The van der Waals surface area contributed by atoms with Crippen molar-refractivity contribution >= 4 is 35.0 Å². The number of aryl methyl sites for hydroxylation is 1. The fourth-order valence-corrected chi connectivity index (χ4v) is 3.59. The molecule has 0 bridgehead atoms. The molecule has 0 fully saturated rings. The first-order valence-corrected chi connectivity index (χ1v) is 9.14. The van der Waals surface area contributed by atoms with E-state index in [4.69, 9.17) is 34.4 Å². The Morgan fingerprint density at radius 3 is 2.85 bits per heavy atom. The summed E-state index contributed by atoms with van der Waals surface area (Å²) in [6.45, 7) is 1.61. The minimum Gasteiger partial charge on any atom is -0.449 e. The average Bonchev–Trinajstić information content (AvgIpc) is 3.11. The van der Waals surface area contributed by atoms with Gasteiger partial charge in [-0.25, -0.2) is 9.18 Å². The highest BCUT2D eigenvalue weighted by atomic mass is 35.5. The third-order valence-electron chi connectivity index (χ3n) is 4.25. The maximum absolute atomic E-state index is 14.6. The summed E-state index contributed by atoms with van der Waals surface area (Å²) in [7, 11) is 0. The summed E-state index contributed by atoms with van der Waals surface area (Å²) in [5.41, 5.74) is 2.43. The average molecular weight is 408 g/mol. The van der Waals surface area contributed by atoms with Crippen LogP contribution in [0.25, 0.3) is 11.3 Å². The van der Waals surface area contributed by atoms with Gasteiger partial charge >= 0.3 is 6.09 Å². The molecule has 1 aromatic heterocycles. The number of rotatable bonds is 4. The summed E-state index contributed by atoms with van der Waals surface area (Å²) in [4.78, 5) is 13.2. The lowest BCUT2D eigenvalue weighted by atomic mass is 10.1. The van der Waals surface area contributed by atoms with Crippen LogP contribution in [0.15, 0.2) is 12.1 Å². The first kappa shape index (κ1) is 19.4. The SMILES string of the molecule is C#CCN(C(=O)OCC)c1cc(-c2nnc3c(c2Cl)CCC3)c(Cl)cc1F. The summed E-state index contributed by atoms with van der Waals surface area (Å²) >= 11 is 12.8. The molecule has 0 radical (unpaired) electrons. The highest BCUT2D eigenvalue weighted by Gasteiger charge is 2.25. The molecule has 0 spiro atoms. The van der Waals surface area contributed by atoms with Gasteiger partial charge in [-0.3, -0.25) is 4.90 Å². The van der Waals surface area contributed by atoms with Crippen LogP contribution >= 0.6 is 23.2 Å². The molecular weight excluding hydrogens is 392 g/mol. The molecule has 0 saturated carbocycles. The highest BCUT2D eigenvalue weighted by Crippen LogP contribution is 2.39. The third kappa shape index (κ3) is 3.71. The number of halogens is 3. The predicted octanol–water partition coefficient (Wildman–Crippen LogP) is 4.67. The maximum atomic E-state index is 14.6. The zero-order chi connectivity index (χ0) is 19.6. The van der Waals surface area contributed by atoms with E-state index in [-0.39, 0.29) is 23.9 Å². The van der Waals surface area contributed by atoms with Gasteiger partial charge in [0.05, 0.1) is 34.6 Å². The minimum absolute atomic E-state index is 0.0656. The first-order valence-electron chi connectivity index (χ1n) is 8.39. The fraction of sp³-hybridized carbons (Fsp3) is 0.316. The Bertz CT molecular complexity index is 944. The number of fused-ring (bicyclic) bond motifs is 1. The summed E-state index contributed by atoms with van der Waals surface area (Å²) in [5, 5.41) is 8.93. The van der Waals surface area contributed by atoms with Crippen molar-refractivity contribution in [1.29, 1.82) is 0 Å². The van der Waals surface area contributed by atoms with E-state index in [0.717, 1.165) is 41.5 Å². The molecule has 3 rings (SSSR count). The molecule has 1 aromatic carbocycles. The summed E-state index contributed by atoms with van der Waals surface area (Å²) < 4.78 is 19.5. The summed E-state index contributed by atoms with van der Waals surface area (Å²) in [5.74, 6) is 1.61. The first-order chi connectivity index (χ1) is 13.0. The van der Waals surface area contributed by atoms with E-state index in [1.165, 1.54) is 6.07 Å². The van der Waals surface area contributed by atoms with Crippen LogP contribution in [-0.2, 0) is 17.6 Å². The van der Waals surface area contributed by atoms with Crippen LogP contribution in [-0.4, -0.2) is 29.4 Å². The van der Waals surface area contributed by atoms with Crippen molar-refractivity contribution in [1.82, 2.24) is 10.2 Å². The molecular formula is C19H16Cl2FN3O2. The van der Waals surface area contributed by atoms with E-state index < -0.39 is 11.9 Å². The number of carbonyl (C=O) groups is 1. The zero-order valence-corrected chi connectivity index (χ0v) is 16.1. The van der Waals surface area contributed by atoms with Crippen LogP contribution in [0.1, 0.15) is 24.6 Å². The lowest BCUT2D eigenvalue weighted by Crippen LogP contribution is -2.32. The second-order valence-electron chi connectivity index (χ2n) is 5.91. The number of nitrogens with zero attached hydrogens (tertiary/aromatic N) is 3. The Labute approximate surface area is 166 Å². The number of terminal acetylenes is 1. The number of hydrogen-bond donors (Lipinski definition) is 0. The van der Waals surface area contributed by atoms with Crippen molar-refractivity contribution in [3.05, 3.63) is 39.3 Å². The monoisotopic (exact) mass is 407 g/mol. The van der Waals surface area contributed by atoms with E-state index in [0.29, 0.717) is 16.3 Å². The van der Waals surface area contributed by atoms with Crippen LogP contribution in [0.2, 0.25) is 10.0 Å². The van der Waals surface area contributed by atoms with Crippen molar-refractivity contribution < 1.29 is 13.9 Å². The lowest BCUT2D eigenvalue weighted by Gasteiger charge is -2.21. The molecule has 140 valence electrons. The predicted molar refractivity (Wildman–Crippen MR) is 103 cm³/mol. The summed E-state index contributed by atoms with van der Waals surface area (Å²) in [6.07, 6.45) is 7.14. The van der Waals surface area contributed by atoms with Gasteiger partial charge in [0.1, 0.15) is 11.5 Å². The van der Waals surface area contributed by atoms with E-state index in [1.54, 1.807) is 6.92 Å². The molecule has 1 heterocycles. The number of ether oxygens (including phenoxy) is 1. The Balaban J connectivity index is 2.12. The second kappa shape index (κ2) is 8.12. The quantitative estimate of drug-likeness (QED) is 0.690. The molecule has 0 aliphatic heterocycles. The van der Waals surface area contributed by atoms with Gasteiger partial charge in [0.2, 0.25) is 0 Å². The third-order valence-corrected chi connectivity index (χ3v) is 4.97. The molecule has 1 aliphatic rings. The molecule has 0 unspecified atom stereocenters. The molecule has 1 aliphatic carbocycles. The van der Waals surface area contributed by atoms with Gasteiger partial charge in [-0.2, -0.15) is 5.10 Å². The Morgan fingerprint density at radius 2 is 2.15 bits per heavy atom. The van der Waals surface area contributed by atoms with Gasteiger partial charge in [0.15, 0.2) is 0 Å². The van der Waals surface area contributed by atoms with Gasteiger partial charge in [-0.1, -0.05) is 29.1 Å². The van der Waals surface area contributed by atoms with E-state index in [9.17, 15) is 9.18 Å². The van der Waals surface area contributed by atoms with Gasteiger partial charge < -0.3 is 4.74 Å². The van der Waals surface area contributed by atoms with Crippen molar-refractivity contribution in [2.45, 2.75) is 26.2 Å². The van der Waals surface area contributed by atoms with Crippen LogP contribution in [0.3, 0.4) is 0 Å². The number of amides is 1. The normalized spacial score (nSPS) is 12.4. The van der Waals surface area contributed by atoms with E-state index in [2.05, 4.69) is 16.1 Å². The molecule has 2 aromatic rings.